The van der Waals surface area contributed by atoms with E-state index < -0.39 is 0 Å². The maximum Gasteiger partial charge on any atom is 0.144 e. The molecule has 0 N–H and O–H groups in total. The summed E-state index contributed by atoms with van der Waals surface area (Å²) in [5.74, 6) is 0. The molecule has 0 atom stereocenters. The summed E-state index contributed by atoms with van der Waals surface area (Å²) in [5, 5.41) is 1.11. The Morgan fingerprint density at radius 2 is 2.12 bits per heavy atom. The minimum absolute atomic E-state index is 0.941. The van der Waals surface area contributed by atoms with Gasteiger partial charge in [-0.2, -0.15) is 0 Å². The van der Waals surface area contributed by atoms with Gasteiger partial charge in [-0.15, -0.1) is 0 Å². The number of fused-ring (bicyclic) bond motifs is 1. The fraction of sp³-hybridized carbons (Fsp3) is 0. The highest BCUT2D eigenvalue weighted by molar-refractivity contribution is 9.10. The summed E-state index contributed by atoms with van der Waals surface area (Å²) < 4.78 is 3.01. The number of halogens is 1. The third-order valence-corrected chi connectivity index (χ3v) is 2.85. The van der Waals surface area contributed by atoms with Crippen molar-refractivity contribution in [3.8, 4) is 5.69 Å². The zero-order valence-electron chi connectivity index (χ0n) is 8.34. The minimum Gasteiger partial charge on any atom is -0.300 e. The van der Waals surface area contributed by atoms with Gasteiger partial charge >= 0.3 is 0 Å². The molecule has 0 aliphatic heterocycles. The molecule has 3 heterocycles. The minimum atomic E-state index is 0.941. The summed E-state index contributed by atoms with van der Waals surface area (Å²) in [6.07, 6.45) is 7.39. The monoisotopic (exact) mass is 273 g/mol. The first-order chi connectivity index (χ1) is 7.84. The maximum absolute atomic E-state index is 4.41. The van der Waals surface area contributed by atoms with Crippen molar-refractivity contribution >= 4 is 27.0 Å². The number of hydrogen-bond acceptors (Lipinski definition) is 2. The quantitative estimate of drug-likeness (QED) is 0.682. The van der Waals surface area contributed by atoms with Crippen molar-refractivity contribution in [2.75, 3.05) is 0 Å². The molecule has 0 radical (unpaired) electrons. The molecule has 0 aliphatic rings. The normalized spacial score (nSPS) is 10.8. The van der Waals surface area contributed by atoms with Crippen molar-refractivity contribution in [2.45, 2.75) is 0 Å². The van der Waals surface area contributed by atoms with Gasteiger partial charge in [0.2, 0.25) is 0 Å². The zero-order valence-corrected chi connectivity index (χ0v) is 9.92. The molecular formula is C12H8BrN3. The highest BCUT2D eigenvalue weighted by Gasteiger charge is 2.04. The molecule has 3 rings (SSSR count). The second-order valence-electron chi connectivity index (χ2n) is 3.46. The first kappa shape index (κ1) is 9.54. The van der Waals surface area contributed by atoms with E-state index in [0.717, 1.165) is 21.2 Å². The van der Waals surface area contributed by atoms with Gasteiger partial charge < -0.3 is 0 Å². The van der Waals surface area contributed by atoms with Crippen LogP contribution in [0.3, 0.4) is 0 Å². The molecule has 3 nitrogen and oxygen atoms in total. The number of hydrogen-bond donors (Lipinski definition) is 0. The maximum atomic E-state index is 4.41. The Bertz CT molecular complexity index is 631. The Kier molecular flexibility index (Phi) is 2.22. The van der Waals surface area contributed by atoms with E-state index >= 15 is 0 Å². The summed E-state index contributed by atoms with van der Waals surface area (Å²) in [6.45, 7) is 0. The van der Waals surface area contributed by atoms with Gasteiger partial charge in [0.1, 0.15) is 5.65 Å². The summed E-state index contributed by atoms with van der Waals surface area (Å²) in [4.78, 5) is 8.51. The van der Waals surface area contributed by atoms with Gasteiger partial charge in [-0.1, -0.05) is 0 Å². The van der Waals surface area contributed by atoms with Crippen LogP contribution in [0.15, 0.2) is 53.5 Å². The molecule has 0 saturated carbocycles. The number of nitrogens with zero attached hydrogens (tertiary/aromatic N) is 3. The Morgan fingerprint density at radius 3 is 2.94 bits per heavy atom. The Balaban J connectivity index is 2.26. The van der Waals surface area contributed by atoms with Crippen molar-refractivity contribution in [3.63, 3.8) is 0 Å². The predicted octanol–water partition coefficient (Wildman–Crippen LogP) is 3.18. The van der Waals surface area contributed by atoms with E-state index in [1.807, 2.05) is 35.2 Å². The van der Waals surface area contributed by atoms with Gasteiger partial charge in [-0.25, -0.2) is 4.98 Å². The van der Waals surface area contributed by atoms with E-state index in [9.17, 15) is 0 Å². The van der Waals surface area contributed by atoms with Crippen LogP contribution in [0, 0.1) is 0 Å². The second-order valence-corrected chi connectivity index (χ2v) is 4.38. The first-order valence-electron chi connectivity index (χ1n) is 4.87. The Hall–Kier alpha value is -1.68. The van der Waals surface area contributed by atoms with Crippen molar-refractivity contribution in [2.24, 2.45) is 0 Å². The van der Waals surface area contributed by atoms with E-state index in [2.05, 4.69) is 32.0 Å². The average Bonchev–Trinajstić information content (AvgIpc) is 2.73. The molecule has 0 fully saturated rings. The molecule has 16 heavy (non-hydrogen) atoms. The molecule has 78 valence electrons. The SMILES string of the molecule is Brc1cnc2c(ccn2-c2cccnc2)c1. The average molecular weight is 274 g/mol. The van der Waals surface area contributed by atoms with Crippen LogP contribution < -0.4 is 0 Å². The first-order valence-corrected chi connectivity index (χ1v) is 5.67. The van der Waals surface area contributed by atoms with E-state index in [0.29, 0.717) is 0 Å². The highest BCUT2D eigenvalue weighted by Crippen LogP contribution is 2.20. The Morgan fingerprint density at radius 1 is 1.19 bits per heavy atom. The van der Waals surface area contributed by atoms with Gasteiger partial charge in [0.05, 0.1) is 11.9 Å². The van der Waals surface area contributed by atoms with E-state index in [1.165, 1.54) is 0 Å². The van der Waals surface area contributed by atoms with Crippen LogP contribution in [-0.2, 0) is 0 Å². The van der Waals surface area contributed by atoms with E-state index in [-0.39, 0.29) is 0 Å². The van der Waals surface area contributed by atoms with Crippen molar-refractivity contribution in [1.82, 2.24) is 14.5 Å². The summed E-state index contributed by atoms with van der Waals surface area (Å²) in [5.41, 5.74) is 1.96. The largest absolute Gasteiger partial charge is 0.300 e. The zero-order chi connectivity index (χ0) is 11.0. The lowest BCUT2D eigenvalue weighted by Gasteiger charge is -2.03. The highest BCUT2D eigenvalue weighted by atomic mass is 79.9. The Labute approximate surface area is 101 Å². The number of aromatic nitrogens is 3. The predicted molar refractivity (Wildman–Crippen MR) is 66.6 cm³/mol. The molecule has 0 bridgehead atoms. The van der Waals surface area contributed by atoms with Gasteiger partial charge in [-0.3, -0.25) is 9.55 Å². The molecule has 4 heteroatoms. The fourth-order valence-corrected chi connectivity index (χ4v) is 2.05. The molecule has 0 amide bonds. The van der Waals surface area contributed by atoms with Crippen LogP contribution in [-0.4, -0.2) is 14.5 Å². The smallest absolute Gasteiger partial charge is 0.144 e. The van der Waals surface area contributed by atoms with Crippen LogP contribution in [0.5, 0.6) is 0 Å². The molecule has 0 saturated heterocycles. The lowest BCUT2D eigenvalue weighted by Crippen LogP contribution is -1.93. The molecule has 0 aromatic carbocycles. The lowest BCUT2D eigenvalue weighted by atomic mass is 10.3. The standard InChI is InChI=1S/C12H8BrN3/c13-10-6-9-3-5-16(12(9)15-7-10)11-2-1-4-14-8-11/h1-8H. The van der Waals surface area contributed by atoms with Gasteiger partial charge in [0, 0.05) is 28.4 Å². The summed E-state index contributed by atoms with van der Waals surface area (Å²) in [6, 6.07) is 8.02. The van der Waals surface area contributed by atoms with Crippen molar-refractivity contribution < 1.29 is 0 Å². The topological polar surface area (TPSA) is 30.7 Å². The number of pyridine rings is 2. The van der Waals surface area contributed by atoms with Crippen molar-refractivity contribution in [1.29, 1.82) is 0 Å². The molecule has 3 aromatic rings. The summed E-state index contributed by atoms with van der Waals surface area (Å²) in [7, 11) is 0. The van der Waals surface area contributed by atoms with Crippen LogP contribution in [0.1, 0.15) is 0 Å². The lowest BCUT2D eigenvalue weighted by molar-refractivity contribution is 1.07. The van der Waals surface area contributed by atoms with Gasteiger partial charge in [0.25, 0.3) is 0 Å². The molecule has 0 spiro atoms. The van der Waals surface area contributed by atoms with Gasteiger partial charge in [0.15, 0.2) is 0 Å². The molecule has 0 aliphatic carbocycles. The van der Waals surface area contributed by atoms with Gasteiger partial charge in [-0.05, 0) is 40.2 Å². The van der Waals surface area contributed by atoms with Crippen LogP contribution in [0.25, 0.3) is 16.7 Å². The molecule has 3 aromatic heterocycles. The molecular weight excluding hydrogens is 266 g/mol. The fourth-order valence-electron chi connectivity index (χ4n) is 1.70. The van der Waals surface area contributed by atoms with Crippen LogP contribution in [0.2, 0.25) is 0 Å². The number of rotatable bonds is 1. The van der Waals surface area contributed by atoms with Crippen LogP contribution >= 0.6 is 15.9 Å². The molecule has 0 unspecified atom stereocenters. The van der Waals surface area contributed by atoms with Crippen LogP contribution in [0.4, 0.5) is 0 Å². The summed E-state index contributed by atoms with van der Waals surface area (Å²) >= 11 is 3.41. The van der Waals surface area contributed by atoms with Crippen molar-refractivity contribution in [3.05, 3.63) is 53.5 Å². The second kappa shape index (κ2) is 3.72. The third-order valence-electron chi connectivity index (χ3n) is 2.42. The third kappa shape index (κ3) is 1.51. The van der Waals surface area contributed by atoms with E-state index in [1.54, 1.807) is 12.4 Å². The van der Waals surface area contributed by atoms with E-state index in [4.69, 9.17) is 0 Å².